The Bertz CT molecular complexity index is 2110. The van der Waals surface area contributed by atoms with E-state index in [-0.39, 0.29) is 49.0 Å². The second-order valence-electron chi connectivity index (χ2n) is 15.4. The van der Waals surface area contributed by atoms with Gasteiger partial charge in [-0.3, -0.25) is 29.3 Å². The summed E-state index contributed by atoms with van der Waals surface area (Å²) in [5.74, 6) is 1.03. The number of amides is 3. The van der Waals surface area contributed by atoms with Gasteiger partial charge in [-0.1, -0.05) is 6.07 Å². The molecule has 16 heteroatoms. The van der Waals surface area contributed by atoms with E-state index in [2.05, 4.69) is 55.9 Å². The smallest absolute Gasteiger partial charge is 0.258 e. The zero-order valence-electron chi connectivity index (χ0n) is 31.8. The van der Waals surface area contributed by atoms with Crippen LogP contribution in [0.1, 0.15) is 79.9 Å². The average Bonchev–Trinajstić information content (AvgIpc) is 3.72. The van der Waals surface area contributed by atoms with Crippen molar-refractivity contribution in [1.29, 1.82) is 0 Å². The van der Waals surface area contributed by atoms with Crippen molar-refractivity contribution in [3.63, 3.8) is 0 Å². The van der Waals surface area contributed by atoms with Crippen molar-refractivity contribution in [2.24, 2.45) is 0 Å². The van der Waals surface area contributed by atoms with Gasteiger partial charge in [0.1, 0.15) is 23.5 Å². The number of carbonyl (C=O) groups excluding carboxylic acids is 3. The third kappa shape index (κ3) is 7.32. The first-order valence-corrected chi connectivity index (χ1v) is 19.2. The molecule has 2 N–H and O–H groups in total. The molecule has 0 bridgehead atoms. The maximum absolute atomic E-state index is 15.4. The Morgan fingerprint density at radius 2 is 1.76 bits per heavy atom. The molecule has 7 heterocycles. The van der Waals surface area contributed by atoms with Gasteiger partial charge in [0.25, 0.3) is 5.91 Å². The van der Waals surface area contributed by atoms with Gasteiger partial charge in [-0.15, -0.1) is 0 Å². The summed E-state index contributed by atoms with van der Waals surface area (Å²) in [6.45, 7) is 8.22. The minimum Gasteiger partial charge on any atom is -0.381 e. The number of nitrogens with zero attached hydrogens (tertiary/aromatic N) is 9. The van der Waals surface area contributed by atoms with Gasteiger partial charge < -0.3 is 24.8 Å². The van der Waals surface area contributed by atoms with Crippen LogP contribution in [0.3, 0.4) is 0 Å². The molecule has 3 amide bonds. The van der Waals surface area contributed by atoms with E-state index in [0.717, 1.165) is 74.1 Å². The molecule has 0 radical (unpaired) electrons. The number of aromatic nitrogens is 5. The van der Waals surface area contributed by atoms with Crippen molar-refractivity contribution in [2.45, 2.75) is 89.7 Å². The predicted octanol–water partition coefficient (Wildman–Crippen LogP) is 4.16. The number of anilines is 4. The highest BCUT2D eigenvalue weighted by molar-refractivity contribution is 6.05. The quantitative estimate of drug-likeness (QED) is 0.224. The molecule has 4 aliphatic rings. The first-order valence-electron chi connectivity index (χ1n) is 19.2. The summed E-state index contributed by atoms with van der Waals surface area (Å²) in [6.07, 6.45) is 8.03. The second-order valence-corrected chi connectivity index (χ2v) is 15.4. The van der Waals surface area contributed by atoms with E-state index in [4.69, 9.17) is 19.8 Å². The lowest BCUT2D eigenvalue weighted by Gasteiger charge is -2.37. The number of methoxy groups -OCH3 is 1. The number of benzene rings is 1. The molecule has 3 saturated heterocycles. The number of hydrogen-bond donors (Lipinski definition) is 2. The highest BCUT2D eigenvalue weighted by atomic mass is 19.1. The van der Waals surface area contributed by atoms with Crippen molar-refractivity contribution in [1.82, 2.24) is 39.8 Å². The van der Waals surface area contributed by atoms with Crippen LogP contribution in [-0.2, 0) is 27.4 Å². The van der Waals surface area contributed by atoms with Crippen molar-refractivity contribution < 1.29 is 23.5 Å². The Morgan fingerprint density at radius 1 is 1.00 bits per heavy atom. The fourth-order valence-corrected chi connectivity index (χ4v) is 8.45. The number of hydrogen-bond acceptors (Lipinski definition) is 12. The number of pyridine rings is 1. The molecule has 0 saturated carbocycles. The number of piperidine rings is 3. The molecular formula is C39H48FN11O4. The average molecular weight is 754 g/mol. The van der Waals surface area contributed by atoms with Gasteiger partial charge >= 0.3 is 0 Å². The lowest BCUT2D eigenvalue weighted by molar-refractivity contribution is -0.136. The van der Waals surface area contributed by atoms with Gasteiger partial charge in [0.05, 0.1) is 22.6 Å². The molecule has 1 aromatic carbocycles. The Hall–Kier alpha value is -5.22. The van der Waals surface area contributed by atoms with Gasteiger partial charge in [-0.25, -0.2) is 14.4 Å². The standard InChI is InChI=1S/C39H48FN11O4/c1-23(2)51-31-19-33(43-32-7-12-41-39(44-32)49-15-10-27(55-4)11-16-49)42-20-28(31)36(46-51)48-13-8-26(9-14-48)47(3)21-24-17-25-22-50(38(54)35(25)29(40)18-24)30-5-6-34(52)45-37(30)53/h7,12,17-20,23,26-27,30H,5-6,8-11,13-16,21-22H2,1-4H3,(H,45,52,53)(H,41,42,43,44). The summed E-state index contributed by atoms with van der Waals surface area (Å²) in [5, 5.41) is 11.8. The molecule has 4 aliphatic heterocycles. The number of halogens is 1. The predicted molar refractivity (Wildman–Crippen MR) is 205 cm³/mol. The van der Waals surface area contributed by atoms with E-state index in [1.165, 1.54) is 11.0 Å². The highest BCUT2D eigenvalue weighted by Crippen LogP contribution is 2.34. The van der Waals surface area contributed by atoms with Crippen LogP contribution in [0.15, 0.2) is 36.7 Å². The number of imide groups is 1. The number of ether oxygens (including phenoxy) is 1. The number of rotatable bonds is 10. The second kappa shape index (κ2) is 15.1. The Balaban J connectivity index is 0.914. The third-order valence-electron chi connectivity index (χ3n) is 11.5. The maximum atomic E-state index is 15.4. The molecule has 3 aromatic heterocycles. The van der Waals surface area contributed by atoms with Gasteiger partial charge in [0, 0.05) is 83.3 Å². The van der Waals surface area contributed by atoms with Crippen molar-refractivity contribution >= 4 is 52.0 Å². The van der Waals surface area contributed by atoms with Crippen LogP contribution in [0, 0.1) is 5.82 Å². The van der Waals surface area contributed by atoms with Crippen LogP contribution >= 0.6 is 0 Å². The zero-order chi connectivity index (χ0) is 38.4. The van der Waals surface area contributed by atoms with Gasteiger partial charge in [0.15, 0.2) is 5.82 Å². The summed E-state index contributed by atoms with van der Waals surface area (Å²) < 4.78 is 23.0. The minimum atomic E-state index is -0.778. The molecule has 8 rings (SSSR count). The number of carbonyl (C=O) groups is 3. The Morgan fingerprint density at radius 3 is 2.49 bits per heavy atom. The molecule has 15 nitrogen and oxygen atoms in total. The molecule has 3 fully saturated rings. The van der Waals surface area contributed by atoms with Gasteiger partial charge in [-0.05, 0) is 76.3 Å². The van der Waals surface area contributed by atoms with E-state index in [1.54, 1.807) is 13.3 Å². The number of nitrogens with one attached hydrogen (secondary N) is 2. The van der Waals surface area contributed by atoms with E-state index in [0.29, 0.717) is 29.7 Å². The monoisotopic (exact) mass is 753 g/mol. The van der Waals surface area contributed by atoms with E-state index >= 15 is 4.39 Å². The summed E-state index contributed by atoms with van der Waals surface area (Å²) in [7, 11) is 3.82. The van der Waals surface area contributed by atoms with E-state index in [1.807, 2.05) is 24.4 Å². The van der Waals surface area contributed by atoms with Crippen molar-refractivity contribution in [2.75, 3.05) is 55.5 Å². The third-order valence-corrected chi connectivity index (χ3v) is 11.5. The zero-order valence-corrected chi connectivity index (χ0v) is 31.8. The van der Waals surface area contributed by atoms with Crippen LogP contribution in [0.4, 0.5) is 27.8 Å². The molecule has 4 aromatic rings. The molecule has 290 valence electrons. The van der Waals surface area contributed by atoms with Crippen LogP contribution < -0.4 is 20.4 Å². The number of fused-ring (bicyclic) bond motifs is 2. The van der Waals surface area contributed by atoms with Crippen molar-refractivity contribution in [3.05, 3.63) is 59.2 Å². The summed E-state index contributed by atoms with van der Waals surface area (Å²) in [5.41, 5.74) is 2.37. The van der Waals surface area contributed by atoms with Crippen LogP contribution in [-0.4, -0.2) is 111 Å². The Kier molecular flexibility index (Phi) is 10.1. The van der Waals surface area contributed by atoms with E-state index < -0.39 is 23.7 Å². The fourth-order valence-electron chi connectivity index (χ4n) is 8.45. The first-order chi connectivity index (χ1) is 26.6. The largest absolute Gasteiger partial charge is 0.381 e. The van der Waals surface area contributed by atoms with Crippen LogP contribution in [0.25, 0.3) is 10.9 Å². The fraction of sp³-hybridized carbons (Fsp3) is 0.513. The molecule has 55 heavy (non-hydrogen) atoms. The normalized spacial score (nSPS) is 19.9. The molecule has 1 atom stereocenters. The lowest BCUT2D eigenvalue weighted by atomic mass is 10.0. The highest BCUT2D eigenvalue weighted by Gasteiger charge is 2.41. The first kappa shape index (κ1) is 36.7. The van der Waals surface area contributed by atoms with Crippen LogP contribution in [0.2, 0.25) is 0 Å². The van der Waals surface area contributed by atoms with Gasteiger partial charge in [-0.2, -0.15) is 10.1 Å². The summed E-state index contributed by atoms with van der Waals surface area (Å²) in [6, 6.07) is 6.83. The minimum absolute atomic E-state index is 0.0206. The van der Waals surface area contributed by atoms with Crippen LogP contribution in [0.5, 0.6) is 0 Å². The lowest BCUT2D eigenvalue weighted by Crippen LogP contribution is -2.52. The van der Waals surface area contributed by atoms with Gasteiger partial charge in [0.2, 0.25) is 17.8 Å². The molecular weight excluding hydrogens is 706 g/mol. The van der Waals surface area contributed by atoms with E-state index in [9.17, 15) is 14.4 Å². The molecule has 1 unspecified atom stereocenters. The summed E-state index contributed by atoms with van der Waals surface area (Å²) in [4.78, 5) is 59.5. The Labute approximate surface area is 319 Å². The topological polar surface area (TPSA) is 154 Å². The maximum Gasteiger partial charge on any atom is 0.258 e. The molecule has 0 aliphatic carbocycles. The molecule has 0 spiro atoms. The summed E-state index contributed by atoms with van der Waals surface area (Å²) >= 11 is 0. The van der Waals surface area contributed by atoms with Crippen molar-refractivity contribution in [3.8, 4) is 0 Å². The SMILES string of the molecule is COC1CCN(c2nccc(Nc3cc4c(cn3)c(N3CCC(N(C)Cc5cc(F)c6c(c5)CN(C5CCC(=O)NC5=O)C6=O)CC3)nn4C(C)C)n2)CC1.